The molecule has 1 unspecified atom stereocenters. The summed E-state index contributed by atoms with van der Waals surface area (Å²) in [5.74, 6) is 0.0139. The summed E-state index contributed by atoms with van der Waals surface area (Å²) in [6, 6.07) is 15.5. The minimum absolute atomic E-state index is 0.0139. The molecule has 0 radical (unpaired) electrons. The maximum Gasteiger partial charge on any atom is 0.191 e. The van der Waals surface area contributed by atoms with Gasteiger partial charge in [-0.25, -0.2) is 0 Å². The van der Waals surface area contributed by atoms with Crippen molar-refractivity contribution in [3.05, 3.63) is 69.7 Å². The first-order chi connectivity index (χ1) is 9.56. The molecule has 0 aliphatic carbocycles. The molecule has 0 bridgehead atoms. The van der Waals surface area contributed by atoms with E-state index in [4.69, 9.17) is 4.74 Å². The van der Waals surface area contributed by atoms with Crippen molar-refractivity contribution in [3.63, 3.8) is 0 Å². The molecule has 0 fully saturated rings. The van der Waals surface area contributed by atoms with Crippen molar-refractivity contribution in [1.82, 2.24) is 0 Å². The molecule has 0 N–H and O–H groups in total. The van der Waals surface area contributed by atoms with E-state index in [0.717, 1.165) is 15.6 Å². The number of hydrogen-bond donors (Lipinski definition) is 0. The van der Waals surface area contributed by atoms with E-state index in [0.29, 0.717) is 12.2 Å². The molecule has 0 amide bonds. The summed E-state index contributed by atoms with van der Waals surface area (Å²) in [4.78, 5) is 12.2. The second-order valence-corrected chi connectivity index (χ2v) is 5.73. The lowest BCUT2D eigenvalue weighted by atomic mass is 10.1. The number of aryl methyl sites for hydroxylation is 1. The average Bonchev–Trinajstić information content (AvgIpc) is 2.45. The minimum atomic E-state index is -0.448. The molecule has 0 heterocycles. The molecule has 2 nitrogen and oxygen atoms in total. The number of rotatable bonds is 5. The third-order valence-electron chi connectivity index (χ3n) is 3.09. The Bertz CT molecular complexity index is 590. The predicted octanol–water partition coefficient (Wildman–Crippen LogP) is 4.55. The molecule has 0 saturated carbocycles. The van der Waals surface area contributed by atoms with Gasteiger partial charge in [0.05, 0.1) is 6.61 Å². The summed E-state index contributed by atoms with van der Waals surface area (Å²) >= 11 is 3.42. The van der Waals surface area contributed by atoms with E-state index in [9.17, 15) is 4.79 Å². The zero-order valence-electron chi connectivity index (χ0n) is 11.6. The third-order valence-corrected chi connectivity index (χ3v) is 3.59. The molecule has 2 aromatic rings. The van der Waals surface area contributed by atoms with Crippen molar-refractivity contribution in [2.24, 2.45) is 0 Å². The Morgan fingerprint density at radius 3 is 2.55 bits per heavy atom. The molecule has 2 rings (SSSR count). The third kappa shape index (κ3) is 4.02. The molecule has 0 aliphatic heterocycles. The average molecular weight is 333 g/mol. The number of benzene rings is 2. The van der Waals surface area contributed by atoms with Crippen LogP contribution in [0.1, 0.15) is 28.4 Å². The van der Waals surface area contributed by atoms with Gasteiger partial charge in [0, 0.05) is 10.0 Å². The fraction of sp³-hybridized carbons (Fsp3) is 0.235. The molecular weight excluding hydrogens is 316 g/mol. The first-order valence-electron chi connectivity index (χ1n) is 6.53. The number of ether oxygens (including phenoxy) is 1. The van der Waals surface area contributed by atoms with Crippen molar-refractivity contribution in [3.8, 4) is 0 Å². The summed E-state index contributed by atoms with van der Waals surface area (Å²) in [6.45, 7) is 4.22. The van der Waals surface area contributed by atoms with Crippen molar-refractivity contribution < 1.29 is 9.53 Å². The highest BCUT2D eigenvalue weighted by molar-refractivity contribution is 9.10. The van der Waals surface area contributed by atoms with Crippen LogP contribution in [0.25, 0.3) is 0 Å². The van der Waals surface area contributed by atoms with Crippen LogP contribution in [0, 0.1) is 6.92 Å². The largest absolute Gasteiger partial charge is 0.366 e. The standard InChI is InChI=1S/C17H17BrO2/c1-12-6-8-15(9-7-12)17(19)13(2)20-11-14-4-3-5-16(18)10-14/h3-10,13H,11H2,1-2H3. The Labute approximate surface area is 127 Å². The van der Waals surface area contributed by atoms with Gasteiger partial charge in [-0.1, -0.05) is 57.9 Å². The van der Waals surface area contributed by atoms with E-state index >= 15 is 0 Å². The van der Waals surface area contributed by atoms with Crippen molar-refractivity contribution in [2.75, 3.05) is 0 Å². The molecular formula is C17H17BrO2. The van der Waals surface area contributed by atoms with Gasteiger partial charge in [-0.2, -0.15) is 0 Å². The Morgan fingerprint density at radius 1 is 1.20 bits per heavy atom. The lowest BCUT2D eigenvalue weighted by molar-refractivity contribution is 0.0412. The van der Waals surface area contributed by atoms with Gasteiger partial charge in [0.2, 0.25) is 0 Å². The maximum atomic E-state index is 12.2. The number of hydrogen-bond acceptors (Lipinski definition) is 2. The van der Waals surface area contributed by atoms with Crippen LogP contribution in [0.3, 0.4) is 0 Å². The summed E-state index contributed by atoms with van der Waals surface area (Å²) in [5.41, 5.74) is 2.88. The Kier molecular flexibility index (Phi) is 5.10. The molecule has 2 aromatic carbocycles. The van der Waals surface area contributed by atoms with Crippen LogP contribution in [0.2, 0.25) is 0 Å². The number of Topliss-reactive ketones (excluding diaryl/α,β-unsaturated/α-hetero) is 1. The fourth-order valence-corrected chi connectivity index (χ4v) is 2.32. The second kappa shape index (κ2) is 6.82. The first kappa shape index (κ1) is 14.9. The zero-order chi connectivity index (χ0) is 14.5. The molecule has 104 valence electrons. The quantitative estimate of drug-likeness (QED) is 0.751. The highest BCUT2D eigenvalue weighted by atomic mass is 79.9. The van der Waals surface area contributed by atoms with E-state index < -0.39 is 6.10 Å². The van der Waals surface area contributed by atoms with Gasteiger partial charge in [0.25, 0.3) is 0 Å². The maximum absolute atomic E-state index is 12.2. The lowest BCUT2D eigenvalue weighted by Gasteiger charge is -2.12. The van der Waals surface area contributed by atoms with Gasteiger partial charge < -0.3 is 4.74 Å². The van der Waals surface area contributed by atoms with E-state index in [-0.39, 0.29) is 5.78 Å². The van der Waals surface area contributed by atoms with Gasteiger partial charge in [-0.15, -0.1) is 0 Å². The first-order valence-corrected chi connectivity index (χ1v) is 7.32. The molecule has 20 heavy (non-hydrogen) atoms. The monoisotopic (exact) mass is 332 g/mol. The van der Waals surface area contributed by atoms with Crippen molar-refractivity contribution in [1.29, 1.82) is 0 Å². The Morgan fingerprint density at radius 2 is 1.90 bits per heavy atom. The number of carbonyl (C=O) groups is 1. The van der Waals surface area contributed by atoms with Crippen LogP contribution in [-0.2, 0) is 11.3 Å². The zero-order valence-corrected chi connectivity index (χ0v) is 13.2. The Balaban J connectivity index is 1.96. The summed E-state index contributed by atoms with van der Waals surface area (Å²) < 4.78 is 6.67. The van der Waals surface area contributed by atoms with Gasteiger partial charge in [0.15, 0.2) is 5.78 Å². The van der Waals surface area contributed by atoms with E-state index in [1.165, 1.54) is 0 Å². The minimum Gasteiger partial charge on any atom is -0.366 e. The molecule has 3 heteroatoms. The molecule has 0 spiro atoms. The highest BCUT2D eigenvalue weighted by Crippen LogP contribution is 2.14. The van der Waals surface area contributed by atoms with Crippen LogP contribution < -0.4 is 0 Å². The second-order valence-electron chi connectivity index (χ2n) is 4.81. The topological polar surface area (TPSA) is 26.3 Å². The van der Waals surface area contributed by atoms with E-state index in [1.807, 2.05) is 55.5 Å². The number of ketones is 1. The van der Waals surface area contributed by atoms with Crippen LogP contribution in [0.4, 0.5) is 0 Å². The van der Waals surface area contributed by atoms with Gasteiger partial charge in [0.1, 0.15) is 6.10 Å². The Hall–Kier alpha value is -1.45. The highest BCUT2D eigenvalue weighted by Gasteiger charge is 2.15. The lowest BCUT2D eigenvalue weighted by Crippen LogP contribution is -2.20. The number of carbonyl (C=O) groups excluding carboxylic acids is 1. The fourth-order valence-electron chi connectivity index (χ4n) is 1.88. The van der Waals surface area contributed by atoms with Crippen molar-refractivity contribution >= 4 is 21.7 Å². The van der Waals surface area contributed by atoms with Crippen LogP contribution in [0.15, 0.2) is 53.0 Å². The van der Waals surface area contributed by atoms with E-state index in [1.54, 1.807) is 6.92 Å². The molecule has 0 aliphatic rings. The SMILES string of the molecule is Cc1ccc(C(=O)C(C)OCc2cccc(Br)c2)cc1. The molecule has 0 saturated heterocycles. The summed E-state index contributed by atoms with van der Waals surface area (Å²) in [5, 5.41) is 0. The van der Waals surface area contributed by atoms with Crippen molar-refractivity contribution in [2.45, 2.75) is 26.6 Å². The van der Waals surface area contributed by atoms with Gasteiger partial charge in [-0.3, -0.25) is 4.79 Å². The van der Waals surface area contributed by atoms with Gasteiger partial charge in [-0.05, 0) is 31.5 Å². The number of halogens is 1. The van der Waals surface area contributed by atoms with Gasteiger partial charge >= 0.3 is 0 Å². The summed E-state index contributed by atoms with van der Waals surface area (Å²) in [7, 11) is 0. The van der Waals surface area contributed by atoms with Crippen LogP contribution >= 0.6 is 15.9 Å². The van der Waals surface area contributed by atoms with Crippen LogP contribution in [0.5, 0.6) is 0 Å². The normalized spacial score (nSPS) is 12.2. The molecule has 1 atom stereocenters. The summed E-state index contributed by atoms with van der Waals surface area (Å²) in [6.07, 6.45) is -0.448. The van der Waals surface area contributed by atoms with E-state index in [2.05, 4.69) is 15.9 Å². The smallest absolute Gasteiger partial charge is 0.191 e. The predicted molar refractivity (Wildman–Crippen MR) is 83.9 cm³/mol. The molecule has 0 aromatic heterocycles. The van der Waals surface area contributed by atoms with Crippen LogP contribution in [-0.4, -0.2) is 11.9 Å².